The zero-order chi connectivity index (χ0) is 24.5. The van der Waals surface area contributed by atoms with Gasteiger partial charge in [0, 0.05) is 24.2 Å². The predicted molar refractivity (Wildman–Crippen MR) is 136 cm³/mol. The van der Waals surface area contributed by atoms with E-state index in [1.54, 1.807) is 23.5 Å². The maximum atomic E-state index is 13.3. The van der Waals surface area contributed by atoms with Gasteiger partial charge in [-0.1, -0.05) is 13.0 Å². The SMILES string of the molecule is CCc1nc2ccc(C3CCN(CC(=O)O)CC3)cn2c1N(C)c1nc(-c2ccc(F)cc2)cs1. The number of anilines is 2. The molecular weight excluding hydrogens is 465 g/mol. The van der Waals surface area contributed by atoms with Gasteiger partial charge in [-0.05, 0) is 74.2 Å². The topological polar surface area (TPSA) is 74.0 Å². The molecule has 9 heteroatoms. The summed E-state index contributed by atoms with van der Waals surface area (Å²) in [6.07, 6.45) is 4.85. The van der Waals surface area contributed by atoms with E-state index in [4.69, 9.17) is 15.1 Å². The van der Waals surface area contributed by atoms with Crippen molar-refractivity contribution in [2.24, 2.45) is 0 Å². The summed E-state index contributed by atoms with van der Waals surface area (Å²) in [6.45, 7) is 3.79. The minimum Gasteiger partial charge on any atom is -0.480 e. The van der Waals surface area contributed by atoms with Crippen molar-refractivity contribution in [2.75, 3.05) is 31.6 Å². The van der Waals surface area contributed by atoms with Gasteiger partial charge in [-0.25, -0.2) is 14.4 Å². The number of fused-ring (bicyclic) bond motifs is 1. The molecule has 7 nitrogen and oxygen atoms in total. The van der Waals surface area contributed by atoms with Gasteiger partial charge in [0.2, 0.25) is 0 Å². The molecule has 1 aliphatic rings. The van der Waals surface area contributed by atoms with E-state index >= 15 is 0 Å². The second-order valence-corrected chi connectivity index (χ2v) is 9.79. The van der Waals surface area contributed by atoms with Crippen molar-refractivity contribution >= 4 is 33.9 Å². The normalized spacial score (nSPS) is 15.1. The maximum absolute atomic E-state index is 13.3. The van der Waals surface area contributed by atoms with Crippen molar-refractivity contribution in [2.45, 2.75) is 32.1 Å². The number of carboxylic acid groups (broad SMARTS) is 1. The first kappa shape index (κ1) is 23.4. The Hall–Kier alpha value is -3.30. The summed E-state index contributed by atoms with van der Waals surface area (Å²) in [5, 5.41) is 11.9. The van der Waals surface area contributed by atoms with E-state index in [9.17, 15) is 9.18 Å². The number of pyridine rings is 1. The molecule has 0 aliphatic carbocycles. The Morgan fingerprint density at radius 2 is 1.91 bits per heavy atom. The molecule has 4 heterocycles. The molecule has 0 saturated carbocycles. The zero-order valence-electron chi connectivity index (χ0n) is 19.8. The highest BCUT2D eigenvalue weighted by Crippen LogP contribution is 2.35. The third-order valence-corrected chi connectivity index (χ3v) is 7.59. The third-order valence-electron chi connectivity index (χ3n) is 6.68. The lowest BCUT2D eigenvalue weighted by molar-refractivity contribution is -0.138. The van der Waals surface area contributed by atoms with Gasteiger partial charge >= 0.3 is 5.97 Å². The summed E-state index contributed by atoms with van der Waals surface area (Å²) in [7, 11) is 2.01. The fraction of sp³-hybridized carbons (Fsp3) is 0.346. The Balaban J connectivity index is 1.43. The summed E-state index contributed by atoms with van der Waals surface area (Å²) in [5.41, 5.74) is 4.84. The van der Waals surface area contributed by atoms with Crippen molar-refractivity contribution in [1.82, 2.24) is 19.3 Å². The highest BCUT2D eigenvalue weighted by molar-refractivity contribution is 7.14. The Kier molecular flexibility index (Phi) is 6.53. The lowest BCUT2D eigenvalue weighted by atomic mass is 9.90. The molecule has 182 valence electrons. The Bertz CT molecular complexity index is 1340. The average molecular weight is 494 g/mol. The van der Waals surface area contributed by atoms with Crippen molar-refractivity contribution in [1.29, 1.82) is 0 Å². The number of carbonyl (C=O) groups is 1. The number of rotatable bonds is 7. The number of carboxylic acids is 1. The van der Waals surface area contributed by atoms with Gasteiger partial charge in [0.1, 0.15) is 17.3 Å². The number of aliphatic carboxylic acids is 1. The van der Waals surface area contributed by atoms with Crippen LogP contribution in [0.5, 0.6) is 0 Å². The van der Waals surface area contributed by atoms with Gasteiger partial charge in [0.15, 0.2) is 5.13 Å². The molecule has 1 saturated heterocycles. The number of thiazole rings is 1. The van der Waals surface area contributed by atoms with Gasteiger partial charge in [0.25, 0.3) is 0 Å². The van der Waals surface area contributed by atoms with E-state index in [-0.39, 0.29) is 12.4 Å². The molecule has 4 aromatic rings. The van der Waals surface area contributed by atoms with Gasteiger partial charge in [-0.15, -0.1) is 11.3 Å². The predicted octanol–water partition coefficient (Wildman–Crippen LogP) is 5.19. The number of nitrogens with zero attached hydrogens (tertiary/aromatic N) is 5. The molecule has 5 rings (SSSR count). The fourth-order valence-electron chi connectivity index (χ4n) is 4.81. The van der Waals surface area contributed by atoms with Gasteiger partial charge in [-0.2, -0.15) is 0 Å². The summed E-state index contributed by atoms with van der Waals surface area (Å²) in [5.74, 6) is 0.350. The second kappa shape index (κ2) is 9.75. The first-order valence-electron chi connectivity index (χ1n) is 11.8. The highest BCUT2D eigenvalue weighted by atomic mass is 32.1. The van der Waals surface area contributed by atoms with Crippen molar-refractivity contribution in [3.05, 3.63) is 65.0 Å². The summed E-state index contributed by atoms with van der Waals surface area (Å²) >= 11 is 1.55. The molecule has 0 amide bonds. The molecule has 3 aromatic heterocycles. The number of aryl methyl sites for hydroxylation is 1. The molecule has 1 fully saturated rings. The van der Waals surface area contributed by atoms with E-state index in [0.717, 1.165) is 65.9 Å². The molecule has 0 unspecified atom stereocenters. The van der Waals surface area contributed by atoms with Crippen LogP contribution in [-0.2, 0) is 11.2 Å². The third kappa shape index (κ3) is 4.78. The molecule has 0 atom stereocenters. The van der Waals surface area contributed by atoms with Crippen molar-refractivity contribution in [3.63, 3.8) is 0 Å². The number of imidazole rings is 1. The van der Waals surface area contributed by atoms with Crippen LogP contribution in [0.15, 0.2) is 48.0 Å². The molecule has 0 spiro atoms. The zero-order valence-corrected chi connectivity index (χ0v) is 20.6. The van der Waals surface area contributed by atoms with E-state index in [2.05, 4.69) is 34.6 Å². The average Bonchev–Trinajstić information content (AvgIpc) is 3.49. The summed E-state index contributed by atoms with van der Waals surface area (Å²) < 4.78 is 15.5. The van der Waals surface area contributed by atoms with E-state index in [1.807, 2.05) is 17.3 Å². The second-order valence-electron chi connectivity index (χ2n) is 8.95. The van der Waals surface area contributed by atoms with E-state index in [0.29, 0.717) is 5.92 Å². The van der Waals surface area contributed by atoms with E-state index in [1.165, 1.54) is 17.7 Å². The number of piperidine rings is 1. The van der Waals surface area contributed by atoms with Gasteiger partial charge < -0.3 is 10.0 Å². The van der Waals surface area contributed by atoms with Crippen LogP contribution >= 0.6 is 11.3 Å². The van der Waals surface area contributed by atoms with Crippen LogP contribution in [0.2, 0.25) is 0 Å². The first-order chi connectivity index (χ1) is 16.9. The number of hydrogen-bond donors (Lipinski definition) is 1. The summed E-state index contributed by atoms with van der Waals surface area (Å²) in [6, 6.07) is 10.6. The van der Waals surface area contributed by atoms with Crippen LogP contribution in [-0.4, -0.2) is 57.0 Å². The number of aromatic nitrogens is 3. The first-order valence-corrected chi connectivity index (χ1v) is 12.7. The van der Waals surface area contributed by atoms with Crippen LogP contribution in [0.4, 0.5) is 15.3 Å². The van der Waals surface area contributed by atoms with Crippen LogP contribution < -0.4 is 4.90 Å². The smallest absolute Gasteiger partial charge is 0.317 e. The van der Waals surface area contributed by atoms with Crippen molar-refractivity contribution < 1.29 is 14.3 Å². The van der Waals surface area contributed by atoms with Crippen LogP contribution in [0.3, 0.4) is 0 Å². The molecule has 0 radical (unpaired) electrons. The molecule has 1 aliphatic heterocycles. The Morgan fingerprint density at radius 3 is 2.60 bits per heavy atom. The maximum Gasteiger partial charge on any atom is 0.317 e. The lowest BCUT2D eigenvalue weighted by Crippen LogP contribution is -2.36. The largest absolute Gasteiger partial charge is 0.480 e. The van der Waals surface area contributed by atoms with E-state index < -0.39 is 5.97 Å². The van der Waals surface area contributed by atoms with Gasteiger partial charge in [0.05, 0.1) is 17.9 Å². The summed E-state index contributed by atoms with van der Waals surface area (Å²) in [4.78, 5) is 24.8. The van der Waals surface area contributed by atoms with Gasteiger partial charge in [-0.3, -0.25) is 14.1 Å². The Labute approximate surface area is 207 Å². The molecule has 1 N–H and O–H groups in total. The number of halogens is 1. The number of hydrogen-bond acceptors (Lipinski definition) is 6. The molecule has 0 bridgehead atoms. The Morgan fingerprint density at radius 1 is 1.17 bits per heavy atom. The molecular formula is C26H28FN5O2S. The standard InChI is InChI=1S/C26H28FN5O2S/c1-3-21-25(30(2)26-29-22(16-35-26)18-4-7-20(27)8-5-18)32-14-19(6-9-23(32)28-21)17-10-12-31(13-11-17)15-24(33)34/h4-9,14,16-17H,3,10-13,15H2,1-2H3,(H,33,34). The van der Waals surface area contributed by atoms with Crippen molar-refractivity contribution in [3.8, 4) is 11.3 Å². The molecule has 35 heavy (non-hydrogen) atoms. The highest BCUT2D eigenvalue weighted by Gasteiger charge is 2.24. The quantitative estimate of drug-likeness (QED) is 0.382. The minimum atomic E-state index is -0.771. The molecule has 1 aromatic carbocycles. The van der Waals surface area contributed by atoms with Crippen LogP contribution in [0.1, 0.15) is 36.9 Å². The van der Waals surface area contributed by atoms with Crippen LogP contribution in [0.25, 0.3) is 16.9 Å². The number of likely N-dealkylation sites (tertiary alicyclic amines) is 1. The monoisotopic (exact) mass is 493 g/mol. The van der Waals surface area contributed by atoms with Crippen LogP contribution in [0, 0.1) is 5.82 Å². The number of benzene rings is 1. The lowest BCUT2D eigenvalue weighted by Gasteiger charge is -2.31. The fourth-order valence-corrected chi connectivity index (χ4v) is 5.61. The minimum absolute atomic E-state index is 0.107.